The van der Waals surface area contributed by atoms with E-state index in [1.807, 2.05) is 25.3 Å². The summed E-state index contributed by atoms with van der Waals surface area (Å²) >= 11 is 1.41. The molecule has 0 aromatic carbocycles. The highest BCUT2D eigenvalue weighted by molar-refractivity contribution is 7.13. The topological polar surface area (TPSA) is 54.0 Å². The van der Waals surface area contributed by atoms with Crippen LogP contribution in [-0.4, -0.2) is 11.0 Å². The summed E-state index contributed by atoms with van der Waals surface area (Å²) in [6, 6.07) is -0.260. The Morgan fingerprint density at radius 2 is 2.50 bits per heavy atom. The maximum Gasteiger partial charge on any atom is 0.324 e. The van der Waals surface area contributed by atoms with Crippen LogP contribution in [-0.2, 0) is 0 Å². The van der Waals surface area contributed by atoms with Gasteiger partial charge in [-0.05, 0) is 13.3 Å². The largest absolute Gasteiger partial charge is 0.324 e. The third kappa shape index (κ3) is 3.57. The maximum absolute atomic E-state index is 11.2. The van der Waals surface area contributed by atoms with Crippen molar-refractivity contribution in [3.8, 4) is 0 Å². The number of hydrogen-bond acceptors (Lipinski definition) is 3. The second-order valence-electron chi connectivity index (χ2n) is 2.70. The summed E-state index contributed by atoms with van der Waals surface area (Å²) in [6.07, 6.45) is 4.39. The number of aromatic nitrogens is 1. The van der Waals surface area contributed by atoms with E-state index < -0.39 is 0 Å². The van der Waals surface area contributed by atoms with E-state index in [9.17, 15) is 4.79 Å². The predicted octanol–water partition coefficient (Wildman–Crippen LogP) is 2.50. The molecule has 1 aromatic heterocycles. The van der Waals surface area contributed by atoms with Gasteiger partial charge < -0.3 is 5.32 Å². The number of amides is 2. The average Bonchev–Trinajstić information content (AvgIpc) is 2.52. The molecule has 0 atom stereocenters. The molecule has 0 radical (unpaired) electrons. The molecule has 0 fully saturated rings. The van der Waals surface area contributed by atoms with Crippen LogP contribution in [0.15, 0.2) is 17.7 Å². The molecule has 5 heteroatoms. The number of carbonyl (C=O) groups is 1. The van der Waals surface area contributed by atoms with Crippen LogP contribution in [0.4, 0.5) is 9.93 Å². The van der Waals surface area contributed by atoms with Crippen LogP contribution in [0.25, 0.3) is 0 Å². The Bertz CT molecular complexity index is 333. The molecular weight excluding hydrogens is 198 g/mol. The number of rotatable bonds is 3. The third-order valence-corrected chi connectivity index (χ3v) is 2.28. The Labute approximate surface area is 87.1 Å². The quantitative estimate of drug-likeness (QED) is 0.807. The van der Waals surface area contributed by atoms with E-state index in [0.29, 0.717) is 5.13 Å². The summed E-state index contributed by atoms with van der Waals surface area (Å²) in [5, 5.41) is 7.71. The first kappa shape index (κ1) is 10.7. The van der Waals surface area contributed by atoms with Gasteiger partial charge in [-0.3, -0.25) is 5.32 Å². The van der Waals surface area contributed by atoms with E-state index in [4.69, 9.17) is 0 Å². The first-order valence-corrected chi connectivity index (χ1v) is 5.25. The molecule has 1 aromatic rings. The maximum atomic E-state index is 11.2. The molecule has 0 aliphatic carbocycles. The molecule has 0 aliphatic rings. The highest BCUT2D eigenvalue weighted by Gasteiger charge is 2.01. The smallest absolute Gasteiger partial charge is 0.315 e. The fourth-order valence-corrected chi connectivity index (χ4v) is 1.48. The van der Waals surface area contributed by atoms with E-state index >= 15 is 0 Å². The van der Waals surface area contributed by atoms with Crippen molar-refractivity contribution in [2.45, 2.75) is 20.3 Å². The number of carbonyl (C=O) groups excluding carboxylic acids is 1. The number of hydrogen-bond donors (Lipinski definition) is 2. The van der Waals surface area contributed by atoms with Crippen molar-refractivity contribution in [3.05, 3.63) is 23.3 Å². The zero-order chi connectivity index (χ0) is 10.4. The average molecular weight is 211 g/mol. The fraction of sp³-hybridized carbons (Fsp3) is 0.333. The molecule has 2 amide bonds. The lowest BCUT2D eigenvalue weighted by molar-refractivity contribution is 0.255. The Hall–Kier alpha value is -1.36. The Kier molecular flexibility index (Phi) is 4.12. The van der Waals surface area contributed by atoms with Crippen molar-refractivity contribution in [2.24, 2.45) is 0 Å². The molecule has 1 heterocycles. The Morgan fingerprint density at radius 1 is 1.71 bits per heavy atom. The van der Waals surface area contributed by atoms with Crippen LogP contribution in [0.2, 0.25) is 0 Å². The molecule has 1 rings (SSSR count). The van der Waals surface area contributed by atoms with Crippen molar-refractivity contribution in [3.63, 3.8) is 0 Å². The van der Waals surface area contributed by atoms with Crippen molar-refractivity contribution in [1.29, 1.82) is 0 Å². The van der Waals surface area contributed by atoms with Gasteiger partial charge in [-0.25, -0.2) is 9.78 Å². The summed E-state index contributed by atoms with van der Waals surface area (Å²) < 4.78 is 0. The van der Waals surface area contributed by atoms with Gasteiger partial charge in [0.2, 0.25) is 0 Å². The summed E-state index contributed by atoms with van der Waals surface area (Å²) in [7, 11) is 0. The monoisotopic (exact) mass is 211 g/mol. The van der Waals surface area contributed by atoms with Crippen LogP contribution in [0.3, 0.4) is 0 Å². The second-order valence-corrected chi connectivity index (χ2v) is 3.56. The summed E-state index contributed by atoms with van der Waals surface area (Å²) in [5.74, 6) is 0. The minimum absolute atomic E-state index is 0.260. The molecule has 0 spiro atoms. The van der Waals surface area contributed by atoms with Gasteiger partial charge in [0.25, 0.3) is 0 Å². The molecule has 0 aliphatic heterocycles. The fourth-order valence-electron chi connectivity index (χ4n) is 0.797. The molecule has 0 saturated carbocycles. The van der Waals surface area contributed by atoms with Crippen LogP contribution in [0, 0.1) is 6.92 Å². The van der Waals surface area contributed by atoms with Crippen molar-refractivity contribution < 1.29 is 4.79 Å². The SMILES string of the molecule is CC/C=C/NC(=O)Nc1nc(C)cs1. The van der Waals surface area contributed by atoms with E-state index in [1.54, 1.807) is 6.20 Å². The summed E-state index contributed by atoms with van der Waals surface area (Å²) in [6.45, 7) is 3.89. The molecule has 4 nitrogen and oxygen atoms in total. The zero-order valence-corrected chi connectivity index (χ0v) is 9.02. The molecular formula is C9H13N3OS. The van der Waals surface area contributed by atoms with Crippen LogP contribution < -0.4 is 10.6 Å². The normalized spacial score (nSPS) is 10.4. The van der Waals surface area contributed by atoms with Crippen LogP contribution >= 0.6 is 11.3 Å². The molecule has 0 saturated heterocycles. The van der Waals surface area contributed by atoms with E-state index in [1.165, 1.54) is 11.3 Å². The highest BCUT2D eigenvalue weighted by Crippen LogP contribution is 2.13. The van der Waals surface area contributed by atoms with Gasteiger partial charge in [-0.1, -0.05) is 13.0 Å². The van der Waals surface area contributed by atoms with Crippen molar-refractivity contribution >= 4 is 22.5 Å². The van der Waals surface area contributed by atoms with Crippen LogP contribution in [0.5, 0.6) is 0 Å². The summed E-state index contributed by atoms with van der Waals surface area (Å²) in [4.78, 5) is 15.3. The van der Waals surface area contributed by atoms with E-state index in [2.05, 4.69) is 15.6 Å². The molecule has 14 heavy (non-hydrogen) atoms. The minimum Gasteiger partial charge on any atom is -0.315 e. The highest BCUT2D eigenvalue weighted by atomic mass is 32.1. The number of aryl methyl sites for hydroxylation is 1. The number of urea groups is 1. The van der Waals surface area contributed by atoms with Gasteiger partial charge in [0.1, 0.15) is 0 Å². The van der Waals surface area contributed by atoms with Gasteiger partial charge in [-0.15, -0.1) is 11.3 Å². The first-order chi connectivity index (χ1) is 6.72. The number of anilines is 1. The standard InChI is InChI=1S/C9H13N3OS/c1-3-4-5-10-8(13)12-9-11-7(2)6-14-9/h4-6H,3H2,1-2H3,(H2,10,11,12,13)/b5-4+. The number of nitrogens with one attached hydrogen (secondary N) is 2. The first-order valence-electron chi connectivity index (χ1n) is 4.37. The molecule has 76 valence electrons. The predicted molar refractivity (Wildman–Crippen MR) is 58.4 cm³/mol. The molecule has 2 N–H and O–H groups in total. The number of allylic oxidation sites excluding steroid dienone is 1. The van der Waals surface area contributed by atoms with Crippen LogP contribution in [0.1, 0.15) is 19.0 Å². The lowest BCUT2D eigenvalue weighted by Gasteiger charge is -1.99. The minimum atomic E-state index is -0.260. The third-order valence-electron chi connectivity index (χ3n) is 1.41. The zero-order valence-electron chi connectivity index (χ0n) is 8.20. The summed E-state index contributed by atoms with van der Waals surface area (Å²) in [5.41, 5.74) is 0.911. The second kappa shape index (κ2) is 5.39. The van der Waals surface area contributed by atoms with Gasteiger partial charge in [0, 0.05) is 11.6 Å². The lowest BCUT2D eigenvalue weighted by atomic mass is 10.5. The van der Waals surface area contributed by atoms with Gasteiger partial charge in [0.15, 0.2) is 5.13 Å². The van der Waals surface area contributed by atoms with E-state index in [0.717, 1.165) is 12.1 Å². The molecule has 0 bridgehead atoms. The van der Waals surface area contributed by atoms with Gasteiger partial charge >= 0.3 is 6.03 Å². The van der Waals surface area contributed by atoms with Crippen molar-refractivity contribution in [2.75, 3.05) is 5.32 Å². The van der Waals surface area contributed by atoms with Crippen molar-refractivity contribution in [1.82, 2.24) is 10.3 Å². The number of nitrogens with zero attached hydrogens (tertiary/aromatic N) is 1. The Morgan fingerprint density at radius 3 is 3.07 bits per heavy atom. The lowest BCUT2D eigenvalue weighted by Crippen LogP contribution is -2.23. The number of thiazole rings is 1. The van der Waals surface area contributed by atoms with Gasteiger partial charge in [0.05, 0.1) is 5.69 Å². The van der Waals surface area contributed by atoms with Gasteiger partial charge in [-0.2, -0.15) is 0 Å². The van der Waals surface area contributed by atoms with E-state index in [-0.39, 0.29) is 6.03 Å². The Balaban J connectivity index is 2.37. The molecule has 0 unspecified atom stereocenters.